The molecule has 0 spiro atoms. The molecular weight excluding hydrogens is 446 g/mol. The zero-order valence-corrected chi connectivity index (χ0v) is 21.8. The summed E-state index contributed by atoms with van der Waals surface area (Å²) in [6.45, 7) is 0. The molecule has 0 saturated carbocycles. The first-order valence-electron chi connectivity index (χ1n) is 8.12. The zero-order valence-electron chi connectivity index (χ0n) is 16.2. The molecule has 0 aromatic heterocycles. The van der Waals surface area contributed by atoms with Crippen LogP contribution in [0.5, 0.6) is 0 Å². The van der Waals surface area contributed by atoms with Gasteiger partial charge in [0.2, 0.25) is 0 Å². The summed E-state index contributed by atoms with van der Waals surface area (Å²) in [4.78, 5) is -0.610. The van der Waals surface area contributed by atoms with Crippen LogP contribution in [-0.2, 0) is 20.2 Å². The molecule has 0 saturated heterocycles. The Bertz CT molecular complexity index is 1350. The van der Waals surface area contributed by atoms with Gasteiger partial charge in [-0.15, -0.1) is 0 Å². The second kappa shape index (κ2) is 9.38. The van der Waals surface area contributed by atoms with E-state index >= 15 is 0 Å². The number of hydrogen-bond acceptors (Lipinski definition) is 6. The SMILES string of the molecule is O=S(=O)([O-])c1ccc2c(-c3cccc4cc(S(=O)(=O)[O-])ccc34)cccc2c1.[Na+].[Na+]. The first-order chi connectivity index (χ1) is 13.1. The summed E-state index contributed by atoms with van der Waals surface area (Å²) in [5.74, 6) is 0. The van der Waals surface area contributed by atoms with E-state index in [2.05, 4.69) is 0 Å². The van der Waals surface area contributed by atoms with E-state index < -0.39 is 20.2 Å². The van der Waals surface area contributed by atoms with Gasteiger partial charge in [0, 0.05) is 0 Å². The standard InChI is InChI=1S/C20H14O6S2.2Na/c21-27(22,23)15-7-9-17-13(11-15)3-1-5-19(17)20-6-2-4-14-12-16(28(24,25)26)8-10-18(14)20;;/h1-12H,(H,21,22,23)(H,24,25,26);;/q;2*+1/p-2. The van der Waals surface area contributed by atoms with Gasteiger partial charge < -0.3 is 9.11 Å². The number of hydrogen-bond donors (Lipinski definition) is 0. The van der Waals surface area contributed by atoms with Gasteiger partial charge in [-0.3, -0.25) is 0 Å². The summed E-state index contributed by atoms with van der Waals surface area (Å²) in [6, 6.07) is 18.9. The van der Waals surface area contributed by atoms with Crippen LogP contribution >= 0.6 is 0 Å². The van der Waals surface area contributed by atoms with Crippen LogP contribution in [0.3, 0.4) is 0 Å². The zero-order chi connectivity index (χ0) is 20.1. The fraction of sp³-hybridized carbons (Fsp3) is 0. The molecule has 0 aliphatic heterocycles. The summed E-state index contributed by atoms with van der Waals surface area (Å²) in [5.41, 5.74) is 1.58. The van der Waals surface area contributed by atoms with Crippen LogP contribution in [0.4, 0.5) is 0 Å². The largest absolute Gasteiger partial charge is 1.00 e. The van der Waals surface area contributed by atoms with Gasteiger partial charge in [-0.1, -0.05) is 48.5 Å². The van der Waals surface area contributed by atoms with Gasteiger partial charge in [-0.05, 0) is 56.9 Å². The van der Waals surface area contributed by atoms with E-state index in [0.717, 1.165) is 21.9 Å². The molecule has 0 aliphatic rings. The van der Waals surface area contributed by atoms with Crippen LogP contribution in [0, 0.1) is 0 Å². The van der Waals surface area contributed by atoms with Gasteiger partial charge in [-0.25, -0.2) is 16.8 Å². The second-order valence-electron chi connectivity index (χ2n) is 6.29. The molecule has 0 bridgehead atoms. The molecule has 6 nitrogen and oxygen atoms in total. The molecule has 10 heteroatoms. The minimum atomic E-state index is -4.56. The second-order valence-corrected chi connectivity index (χ2v) is 9.04. The fourth-order valence-corrected chi connectivity index (χ4v) is 4.32. The van der Waals surface area contributed by atoms with Gasteiger partial charge >= 0.3 is 59.1 Å². The maximum Gasteiger partial charge on any atom is 1.00 e. The summed E-state index contributed by atoms with van der Waals surface area (Å²) in [7, 11) is -9.12. The summed E-state index contributed by atoms with van der Waals surface area (Å²) in [5, 5.41) is 2.65. The average molecular weight is 458 g/mol. The summed E-state index contributed by atoms with van der Waals surface area (Å²) in [6.07, 6.45) is 0. The molecule has 0 fully saturated rings. The third-order valence-corrected chi connectivity index (χ3v) is 6.23. The minimum Gasteiger partial charge on any atom is -0.744 e. The van der Waals surface area contributed by atoms with E-state index in [9.17, 15) is 25.9 Å². The van der Waals surface area contributed by atoms with Crippen LogP contribution in [-0.4, -0.2) is 25.9 Å². The first-order valence-corrected chi connectivity index (χ1v) is 10.9. The van der Waals surface area contributed by atoms with Gasteiger partial charge in [0.1, 0.15) is 20.2 Å². The van der Waals surface area contributed by atoms with E-state index in [0.29, 0.717) is 10.8 Å². The third-order valence-electron chi connectivity index (χ3n) is 4.57. The Morgan fingerprint density at radius 3 is 1.23 bits per heavy atom. The van der Waals surface area contributed by atoms with Crippen molar-refractivity contribution in [3.63, 3.8) is 0 Å². The molecular formula is C20H12Na2O6S2. The first kappa shape index (κ1) is 25.5. The Balaban J connectivity index is 0.00000160. The molecule has 0 N–H and O–H groups in total. The molecule has 4 aromatic carbocycles. The normalized spacial score (nSPS) is 11.7. The van der Waals surface area contributed by atoms with Gasteiger partial charge in [0.15, 0.2) is 0 Å². The van der Waals surface area contributed by atoms with Crippen molar-refractivity contribution in [2.45, 2.75) is 9.79 Å². The van der Waals surface area contributed by atoms with Crippen molar-refractivity contribution in [3.8, 4) is 11.1 Å². The Kier molecular flexibility index (Phi) is 7.96. The molecule has 4 aromatic rings. The maximum absolute atomic E-state index is 11.3. The predicted molar refractivity (Wildman–Crippen MR) is 103 cm³/mol. The van der Waals surface area contributed by atoms with Crippen molar-refractivity contribution < 1.29 is 85.1 Å². The van der Waals surface area contributed by atoms with E-state index in [1.807, 2.05) is 12.1 Å². The Hall–Kier alpha value is -0.780. The average Bonchev–Trinajstić information content (AvgIpc) is 2.64. The van der Waals surface area contributed by atoms with E-state index in [1.165, 1.54) is 24.3 Å². The number of benzene rings is 4. The predicted octanol–water partition coefficient (Wildman–Crippen LogP) is -2.52. The Labute approximate surface area is 218 Å². The molecule has 142 valence electrons. The minimum absolute atomic E-state index is 0. The van der Waals surface area contributed by atoms with Crippen LogP contribution in [0.1, 0.15) is 0 Å². The van der Waals surface area contributed by atoms with Crippen LogP contribution in [0.2, 0.25) is 0 Å². The number of rotatable bonds is 3. The Morgan fingerprint density at radius 2 is 0.900 bits per heavy atom. The molecule has 0 radical (unpaired) electrons. The molecule has 0 heterocycles. The monoisotopic (exact) mass is 458 g/mol. The maximum atomic E-state index is 11.3. The Morgan fingerprint density at radius 1 is 0.533 bits per heavy atom. The molecule has 0 aliphatic carbocycles. The third kappa shape index (κ3) is 4.99. The number of fused-ring (bicyclic) bond motifs is 2. The smallest absolute Gasteiger partial charge is 0.744 e. The van der Waals surface area contributed by atoms with Crippen molar-refractivity contribution in [1.82, 2.24) is 0 Å². The fourth-order valence-electron chi connectivity index (χ4n) is 3.30. The van der Waals surface area contributed by atoms with Gasteiger partial charge in [0.25, 0.3) is 0 Å². The molecule has 4 rings (SSSR count). The van der Waals surface area contributed by atoms with Crippen molar-refractivity contribution in [3.05, 3.63) is 72.8 Å². The van der Waals surface area contributed by atoms with Crippen molar-refractivity contribution in [1.29, 1.82) is 0 Å². The van der Waals surface area contributed by atoms with E-state index in [-0.39, 0.29) is 68.9 Å². The molecule has 0 unspecified atom stereocenters. The van der Waals surface area contributed by atoms with Gasteiger partial charge in [-0.2, -0.15) is 0 Å². The topological polar surface area (TPSA) is 114 Å². The molecule has 0 atom stereocenters. The summed E-state index contributed by atoms with van der Waals surface area (Å²) < 4.78 is 67.7. The van der Waals surface area contributed by atoms with Crippen molar-refractivity contribution >= 4 is 41.8 Å². The van der Waals surface area contributed by atoms with Crippen LogP contribution in [0.25, 0.3) is 32.7 Å². The van der Waals surface area contributed by atoms with Gasteiger partial charge in [0.05, 0.1) is 9.79 Å². The molecule has 0 amide bonds. The quantitative estimate of drug-likeness (QED) is 0.247. The van der Waals surface area contributed by atoms with Crippen molar-refractivity contribution in [2.24, 2.45) is 0 Å². The summed E-state index contributed by atoms with van der Waals surface area (Å²) >= 11 is 0. The molecule has 30 heavy (non-hydrogen) atoms. The van der Waals surface area contributed by atoms with E-state index in [4.69, 9.17) is 0 Å². The van der Waals surface area contributed by atoms with E-state index in [1.54, 1.807) is 36.4 Å². The van der Waals surface area contributed by atoms with Crippen LogP contribution in [0.15, 0.2) is 82.6 Å². The van der Waals surface area contributed by atoms with Crippen LogP contribution < -0.4 is 59.1 Å². The van der Waals surface area contributed by atoms with Crippen molar-refractivity contribution in [2.75, 3.05) is 0 Å².